The minimum absolute atomic E-state index is 0.00564. The number of anilines is 1. The third-order valence-corrected chi connectivity index (χ3v) is 6.91. The van der Waals surface area contributed by atoms with Crippen LogP contribution in [0.4, 0.5) is 10.3 Å². The number of nitrogens with zero attached hydrogens (tertiary/aromatic N) is 6. The summed E-state index contributed by atoms with van der Waals surface area (Å²) in [6, 6.07) is 5.67. The van der Waals surface area contributed by atoms with E-state index in [1.165, 1.54) is 29.0 Å². The Morgan fingerprint density at radius 3 is 2.70 bits per heavy atom. The largest absolute Gasteiger partial charge is 0.347 e. The molecule has 0 amide bonds. The van der Waals surface area contributed by atoms with Gasteiger partial charge >= 0.3 is 0 Å². The van der Waals surface area contributed by atoms with Gasteiger partial charge in [0.25, 0.3) is 10.0 Å². The average molecular weight is 431 g/mol. The highest BCUT2D eigenvalue weighted by Gasteiger charge is 2.39. The number of halogens is 1. The second-order valence-electron chi connectivity index (χ2n) is 7.52. The number of aromatic nitrogens is 4. The van der Waals surface area contributed by atoms with Gasteiger partial charge in [-0.05, 0) is 30.5 Å². The normalized spacial score (nSPS) is 17.4. The number of rotatable bonds is 5. The van der Waals surface area contributed by atoms with Crippen molar-refractivity contribution in [2.75, 3.05) is 25.5 Å². The van der Waals surface area contributed by atoms with Crippen LogP contribution in [0.2, 0.25) is 0 Å². The molecule has 3 aromatic rings. The summed E-state index contributed by atoms with van der Waals surface area (Å²) in [5.41, 5.74) is 1.79. The lowest BCUT2D eigenvalue weighted by Gasteiger charge is -2.25. The number of aryl methyl sites for hydroxylation is 1. The fourth-order valence-electron chi connectivity index (χ4n) is 3.68. The van der Waals surface area contributed by atoms with E-state index in [-0.39, 0.29) is 10.8 Å². The standard InChI is InChI=1S/C20H23FN6O2S/c1-25(2)20-22-11-16(14-6-4-7-15(21)10-14)19(24-20)17-8-5-9-27(17)30(28,29)18-12-26(3)13-23-18/h4,6-7,10-13,17H,5,8-9H2,1-3H3/t17-/m1/s1. The highest BCUT2D eigenvalue weighted by atomic mass is 32.2. The Hall–Kier alpha value is -2.85. The second kappa shape index (κ2) is 7.77. The van der Waals surface area contributed by atoms with Crippen LogP contribution < -0.4 is 4.90 Å². The Labute approximate surface area is 175 Å². The van der Waals surface area contributed by atoms with Crippen LogP contribution in [-0.4, -0.2) is 52.9 Å². The Kier molecular flexibility index (Phi) is 5.29. The number of hydrogen-bond acceptors (Lipinski definition) is 6. The van der Waals surface area contributed by atoms with Crippen molar-refractivity contribution in [3.8, 4) is 11.1 Å². The van der Waals surface area contributed by atoms with Crippen molar-refractivity contribution in [2.24, 2.45) is 7.05 Å². The lowest BCUT2D eigenvalue weighted by Crippen LogP contribution is -2.32. The summed E-state index contributed by atoms with van der Waals surface area (Å²) < 4.78 is 43.5. The maximum Gasteiger partial charge on any atom is 0.262 e. The Morgan fingerprint density at radius 2 is 2.03 bits per heavy atom. The van der Waals surface area contributed by atoms with Crippen molar-refractivity contribution in [3.63, 3.8) is 0 Å². The average Bonchev–Trinajstić information content (AvgIpc) is 3.37. The van der Waals surface area contributed by atoms with E-state index in [4.69, 9.17) is 0 Å². The van der Waals surface area contributed by atoms with Gasteiger partial charge in [0.2, 0.25) is 5.95 Å². The van der Waals surface area contributed by atoms with Crippen LogP contribution in [0, 0.1) is 5.82 Å². The van der Waals surface area contributed by atoms with Gasteiger partial charge in [-0.1, -0.05) is 12.1 Å². The molecule has 0 saturated carbocycles. The van der Waals surface area contributed by atoms with Crippen LogP contribution in [-0.2, 0) is 17.1 Å². The highest BCUT2D eigenvalue weighted by Crippen LogP contribution is 2.40. The first-order valence-electron chi connectivity index (χ1n) is 9.57. The predicted octanol–water partition coefficient (Wildman–Crippen LogP) is 2.61. The van der Waals surface area contributed by atoms with Crippen LogP contribution in [0.5, 0.6) is 0 Å². The van der Waals surface area contributed by atoms with Crippen molar-refractivity contribution in [1.82, 2.24) is 23.8 Å². The van der Waals surface area contributed by atoms with Gasteiger partial charge in [-0.15, -0.1) is 0 Å². The predicted molar refractivity (Wildman–Crippen MR) is 111 cm³/mol. The van der Waals surface area contributed by atoms with Crippen molar-refractivity contribution >= 4 is 16.0 Å². The molecule has 2 aromatic heterocycles. The van der Waals surface area contributed by atoms with Gasteiger partial charge in [-0.25, -0.2) is 27.8 Å². The van der Waals surface area contributed by atoms with Crippen molar-refractivity contribution < 1.29 is 12.8 Å². The summed E-state index contributed by atoms with van der Waals surface area (Å²) in [6.07, 6.45) is 5.89. The molecule has 1 aliphatic heterocycles. The van der Waals surface area contributed by atoms with E-state index >= 15 is 0 Å². The molecule has 0 unspecified atom stereocenters. The molecule has 0 radical (unpaired) electrons. The summed E-state index contributed by atoms with van der Waals surface area (Å²) in [5, 5.41) is 0.00564. The first kappa shape index (κ1) is 20.4. The molecule has 1 aliphatic rings. The first-order chi connectivity index (χ1) is 14.3. The molecule has 3 heterocycles. The lowest BCUT2D eigenvalue weighted by molar-refractivity contribution is 0.389. The maximum absolute atomic E-state index is 13.9. The summed E-state index contributed by atoms with van der Waals surface area (Å²) >= 11 is 0. The summed E-state index contributed by atoms with van der Waals surface area (Å²) in [4.78, 5) is 14.9. The van der Waals surface area contributed by atoms with Gasteiger partial charge in [0.15, 0.2) is 5.03 Å². The topological polar surface area (TPSA) is 84.2 Å². The quantitative estimate of drug-likeness (QED) is 0.619. The number of imidazole rings is 1. The molecule has 0 bridgehead atoms. The van der Waals surface area contributed by atoms with Crippen LogP contribution >= 0.6 is 0 Å². The second-order valence-corrected chi connectivity index (χ2v) is 9.36. The zero-order valence-corrected chi connectivity index (χ0v) is 17.8. The van der Waals surface area contributed by atoms with Gasteiger partial charge in [0, 0.05) is 45.6 Å². The smallest absolute Gasteiger partial charge is 0.262 e. The molecule has 1 saturated heterocycles. The molecule has 0 spiro atoms. The van der Waals surface area contributed by atoms with Crippen LogP contribution in [0.3, 0.4) is 0 Å². The fourth-order valence-corrected chi connectivity index (χ4v) is 5.31. The van der Waals surface area contributed by atoms with Gasteiger partial charge in [0.1, 0.15) is 5.82 Å². The van der Waals surface area contributed by atoms with E-state index in [0.717, 1.165) is 0 Å². The van der Waals surface area contributed by atoms with Crippen LogP contribution in [0.25, 0.3) is 11.1 Å². The van der Waals surface area contributed by atoms with Gasteiger partial charge in [0.05, 0.1) is 18.1 Å². The zero-order chi connectivity index (χ0) is 21.5. The van der Waals surface area contributed by atoms with E-state index in [1.54, 1.807) is 34.8 Å². The van der Waals surface area contributed by atoms with Crippen LogP contribution in [0.15, 0.2) is 48.0 Å². The van der Waals surface area contributed by atoms with Crippen LogP contribution in [0.1, 0.15) is 24.6 Å². The lowest BCUT2D eigenvalue weighted by atomic mass is 10.0. The minimum Gasteiger partial charge on any atom is -0.347 e. The first-order valence-corrected chi connectivity index (χ1v) is 11.0. The molecule has 30 heavy (non-hydrogen) atoms. The third kappa shape index (κ3) is 3.68. The Bertz CT molecular complexity index is 1180. The number of sulfonamides is 1. The number of hydrogen-bond donors (Lipinski definition) is 0. The fraction of sp³-hybridized carbons (Fsp3) is 0.350. The molecule has 158 valence electrons. The monoisotopic (exact) mass is 430 g/mol. The molecular formula is C20H23FN6O2S. The SMILES string of the molecule is CN(C)c1ncc(-c2cccc(F)c2)c([C@H]2CCCN2S(=O)(=O)c2cn(C)cn2)n1. The summed E-state index contributed by atoms with van der Waals surface area (Å²) in [5.74, 6) is 0.0896. The number of benzene rings is 1. The van der Waals surface area contributed by atoms with E-state index < -0.39 is 16.1 Å². The molecule has 0 N–H and O–H groups in total. The Morgan fingerprint density at radius 1 is 1.23 bits per heavy atom. The molecular weight excluding hydrogens is 407 g/mol. The molecule has 1 aromatic carbocycles. The third-order valence-electron chi connectivity index (χ3n) is 5.11. The minimum atomic E-state index is -3.80. The molecule has 8 nitrogen and oxygen atoms in total. The van der Waals surface area contributed by atoms with E-state index in [0.29, 0.717) is 42.2 Å². The van der Waals surface area contributed by atoms with E-state index in [1.807, 2.05) is 14.1 Å². The summed E-state index contributed by atoms with van der Waals surface area (Å²) in [7, 11) is 1.56. The molecule has 0 aliphatic carbocycles. The highest BCUT2D eigenvalue weighted by molar-refractivity contribution is 7.89. The van der Waals surface area contributed by atoms with E-state index in [9.17, 15) is 12.8 Å². The van der Waals surface area contributed by atoms with Crippen molar-refractivity contribution in [2.45, 2.75) is 23.9 Å². The van der Waals surface area contributed by atoms with Gasteiger partial charge < -0.3 is 9.47 Å². The molecule has 1 fully saturated rings. The summed E-state index contributed by atoms with van der Waals surface area (Å²) in [6.45, 7) is 0.369. The maximum atomic E-state index is 13.9. The van der Waals surface area contributed by atoms with Crippen molar-refractivity contribution in [1.29, 1.82) is 0 Å². The zero-order valence-electron chi connectivity index (χ0n) is 17.0. The van der Waals surface area contributed by atoms with Gasteiger partial charge in [-0.3, -0.25) is 0 Å². The van der Waals surface area contributed by atoms with Crippen molar-refractivity contribution in [3.05, 3.63) is 54.5 Å². The molecule has 4 rings (SSSR count). The Balaban J connectivity index is 1.84. The van der Waals surface area contributed by atoms with E-state index in [2.05, 4.69) is 15.0 Å². The molecule has 10 heteroatoms. The van der Waals surface area contributed by atoms with Gasteiger partial charge in [-0.2, -0.15) is 4.31 Å². The molecule has 1 atom stereocenters.